The minimum absolute atomic E-state index is 0.00824. The summed E-state index contributed by atoms with van der Waals surface area (Å²) in [5.41, 5.74) is 3.65. The summed E-state index contributed by atoms with van der Waals surface area (Å²) in [4.78, 5) is 44.3. The molecule has 38 heavy (non-hydrogen) atoms. The van der Waals surface area contributed by atoms with E-state index in [0.717, 1.165) is 30.8 Å². The van der Waals surface area contributed by atoms with Gasteiger partial charge in [0.2, 0.25) is 0 Å². The van der Waals surface area contributed by atoms with Gasteiger partial charge in [-0.3, -0.25) is 9.59 Å². The molecular weight excluding hydrogens is 482 g/mol. The number of carbonyl (C=O) groups is 3. The second-order valence-electron chi connectivity index (χ2n) is 10.9. The highest BCUT2D eigenvalue weighted by Gasteiger charge is 2.24. The number of nitrogens with one attached hydrogen (secondary N) is 2. The Balaban J connectivity index is 1.61. The molecule has 204 valence electrons. The summed E-state index contributed by atoms with van der Waals surface area (Å²) in [5.74, 6) is -0.277. The predicted octanol–water partition coefficient (Wildman–Crippen LogP) is 3.56. The normalized spacial score (nSPS) is 16.6. The maximum Gasteiger partial charge on any atom is 0.409 e. The van der Waals surface area contributed by atoms with E-state index >= 15 is 0 Å². The molecule has 0 saturated carbocycles. The number of amides is 3. The standard InChI is InChI=1S/C29H39N5O4/c1-29(2,3)23-9-6-21(7-10-23)26(35)31-24-20-22(27(36)33-16-12-30-13-17-33)8-11-25(24)32-14-5-15-34(19-18-32)28(37)38-4/h6-11,20,30H,5,12-19H2,1-4H3,(H,31,35). The fourth-order valence-corrected chi connectivity index (χ4v) is 4.88. The summed E-state index contributed by atoms with van der Waals surface area (Å²) in [6, 6.07) is 13.2. The molecule has 0 atom stereocenters. The van der Waals surface area contributed by atoms with Crippen LogP contribution in [-0.2, 0) is 10.2 Å². The Labute approximate surface area is 225 Å². The van der Waals surface area contributed by atoms with Crippen LogP contribution >= 0.6 is 0 Å². The second-order valence-corrected chi connectivity index (χ2v) is 10.9. The lowest BCUT2D eigenvalue weighted by atomic mass is 9.86. The molecular formula is C29H39N5O4. The van der Waals surface area contributed by atoms with Gasteiger partial charge >= 0.3 is 6.09 Å². The van der Waals surface area contributed by atoms with E-state index in [1.165, 1.54) is 7.11 Å². The lowest BCUT2D eigenvalue weighted by Gasteiger charge is -2.29. The molecule has 2 heterocycles. The van der Waals surface area contributed by atoms with Crippen LogP contribution in [0.1, 0.15) is 53.5 Å². The Morgan fingerprint density at radius 3 is 2.18 bits per heavy atom. The molecule has 2 fully saturated rings. The minimum atomic E-state index is -0.337. The molecule has 2 saturated heterocycles. The van der Waals surface area contributed by atoms with Gasteiger partial charge in [-0.15, -0.1) is 0 Å². The average molecular weight is 522 g/mol. The molecule has 0 aromatic heterocycles. The van der Waals surface area contributed by atoms with E-state index in [2.05, 4.69) is 36.3 Å². The van der Waals surface area contributed by atoms with Crippen LogP contribution in [0, 0.1) is 0 Å². The van der Waals surface area contributed by atoms with Crippen molar-refractivity contribution in [2.24, 2.45) is 0 Å². The Bertz CT molecular complexity index is 1150. The van der Waals surface area contributed by atoms with Gasteiger partial charge in [-0.25, -0.2) is 4.79 Å². The quantitative estimate of drug-likeness (QED) is 0.639. The molecule has 9 nitrogen and oxygen atoms in total. The molecule has 2 aliphatic rings. The van der Waals surface area contributed by atoms with Crippen LogP contribution in [-0.4, -0.2) is 87.2 Å². The summed E-state index contributed by atoms with van der Waals surface area (Å²) in [6.07, 6.45) is 0.425. The molecule has 2 aromatic rings. The highest BCUT2D eigenvalue weighted by Crippen LogP contribution is 2.30. The molecule has 2 N–H and O–H groups in total. The predicted molar refractivity (Wildman–Crippen MR) is 149 cm³/mol. The number of hydrogen-bond donors (Lipinski definition) is 2. The lowest BCUT2D eigenvalue weighted by Crippen LogP contribution is -2.46. The topological polar surface area (TPSA) is 94.2 Å². The SMILES string of the molecule is COC(=O)N1CCCN(c2ccc(C(=O)N3CCNCC3)cc2NC(=O)c2ccc(C(C)(C)C)cc2)CC1. The lowest BCUT2D eigenvalue weighted by molar-refractivity contribution is 0.0735. The first kappa shape index (κ1) is 27.4. The minimum Gasteiger partial charge on any atom is -0.453 e. The number of ether oxygens (including phenoxy) is 1. The van der Waals surface area contributed by atoms with E-state index in [1.807, 2.05) is 41.3 Å². The van der Waals surface area contributed by atoms with Crippen molar-refractivity contribution in [3.63, 3.8) is 0 Å². The highest BCUT2D eigenvalue weighted by molar-refractivity contribution is 6.07. The van der Waals surface area contributed by atoms with Crippen molar-refractivity contribution in [3.8, 4) is 0 Å². The molecule has 4 rings (SSSR count). The van der Waals surface area contributed by atoms with E-state index in [0.29, 0.717) is 56.1 Å². The molecule has 0 radical (unpaired) electrons. The van der Waals surface area contributed by atoms with Crippen molar-refractivity contribution in [1.82, 2.24) is 15.1 Å². The smallest absolute Gasteiger partial charge is 0.409 e. The molecule has 9 heteroatoms. The first-order chi connectivity index (χ1) is 18.2. The second kappa shape index (κ2) is 11.9. The third-order valence-corrected chi connectivity index (χ3v) is 7.18. The summed E-state index contributed by atoms with van der Waals surface area (Å²) >= 11 is 0. The van der Waals surface area contributed by atoms with Gasteiger partial charge in [0.05, 0.1) is 18.5 Å². The third kappa shape index (κ3) is 6.45. The number of hydrogen-bond acceptors (Lipinski definition) is 6. The van der Waals surface area contributed by atoms with Crippen molar-refractivity contribution in [1.29, 1.82) is 0 Å². The number of methoxy groups -OCH3 is 1. The van der Waals surface area contributed by atoms with Gasteiger partial charge in [0.15, 0.2) is 0 Å². The summed E-state index contributed by atoms with van der Waals surface area (Å²) in [7, 11) is 1.39. The van der Waals surface area contributed by atoms with E-state index in [-0.39, 0.29) is 23.3 Å². The van der Waals surface area contributed by atoms with Crippen LogP contribution in [0.3, 0.4) is 0 Å². The van der Waals surface area contributed by atoms with Crippen LogP contribution in [0.4, 0.5) is 16.2 Å². The van der Waals surface area contributed by atoms with Crippen molar-refractivity contribution in [3.05, 3.63) is 59.2 Å². The largest absolute Gasteiger partial charge is 0.453 e. The first-order valence-corrected chi connectivity index (χ1v) is 13.3. The van der Waals surface area contributed by atoms with Crippen molar-refractivity contribution >= 4 is 29.3 Å². The number of benzene rings is 2. The number of rotatable bonds is 4. The van der Waals surface area contributed by atoms with Gasteiger partial charge in [-0.05, 0) is 47.7 Å². The molecule has 0 unspecified atom stereocenters. The van der Waals surface area contributed by atoms with Gasteiger partial charge in [0.1, 0.15) is 0 Å². The van der Waals surface area contributed by atoms with Gasteiger partial charge < -0.3 is 30.1 Å². The van der Waals surface area contributed by atoms with Crippen LogP contribution in [0.15, 0.2) is 42.5 Å². The van der Waals surface area contributed by atoms with Gasteiger partial charge in [0, 0.05) is 63.5 Å². The Morgan fingerprint density at radius 1 is 0.842 bits per heavy atom. The fraction of sp³-hybridized carbons (Fsp3) is 0.483. The van der Waals surface area contributed by atoms with Crippen molar-refractivity contribution in [2.45, 2.75) is 32.6 Å². The van der Waals surface area contributed by atoms with Gasteiger partial charge in [-0.2, -0.15) is 0 Å². The van der Waals surface area contributed by atoms with E-state index in [1.54, 1.807) is 11.0 Å². The number of piperazine rings is 1. The molecule has 0 spiro atoms. The van der Waals surface area contributed by atoms with Crippen LogP contribution in [0.25, 0.3) is 0 Å². The average Bonchev–Trinajstić information content (AvgIpc) is 3.18. The molecule has 3 amide bonds. The summed E-state index contributed by atoms with van der Waals surface area (Å²) < 4.78 is 4.91. The maximum atomic E-state index is 13.3. The number of anilines is 2. The summed E-state index contributed by atoms with van der Waals surface area (Å²) in [5, 5.41) is 6.35. The van der Waals surface area contributed by atoms with E-state index in [9.17, 15) is 14.4 Å². The van der Waals surface area contributed by atoms with Gasteiger partial charge in [-0.1, -0.05) is 32.9 Å². The fourth-order valence-electron chi connectivity index (χ4n) is 4.88. The van der Waals surface area contributed by atoms with Crippen molar-refractivity contribution in [2.75, 3.05) is 69.7 Å². The van der Waals surface area contributed by atoms with Crippen molar-refractivity contribution < 1.29 is 19.1 Å². The van der Waals surface area contributed by atoms with Crippen LogP contribution in [0.2, 0.25) is 0 Å². The highest BCUT2D eigenvalue weighted by atomic mass is 16.5. The zero-order valence-corrected chi connectivity index (χ0v) is 22.9. The van der Waals surface area contributed by atoms with Gasteiger partial charge in [0.25, 0.3) is 11.8 Å². The number of nitrogens with zero attached hydrogens (tertiary/aromatic N) is 3. The Hall–Kier alpha value is -3.59. The third-order valence-electron chi connectivity index (χ3n) is 7.18. The molecule has 2 aromatic carbocycles. The Morgan fingerprint density at radius 2 is 1.53 bits per heavy atom. The zero-order chi connectivity index (χ0) is 27.3. The molecule has 0 aliphatic carbocycles. The molecule has 0 bridgehead atoms. The zero-order valence-electron chi connectivity index (χ0n) is 22.9. The van der Waals surface area contributed by atoms with Crippen LogP contribution in [0.5, 0.6) is 0 Å². The maximum absolute atomic E-state index is 13.3. The summed E-state index contributed by atoms with van der Waals surface area (Å²) in [6.45, 7) is 11.7. The monoisotopic (exact) mass is 521 g/mol. The van der Waals surface area contributed by atoms with Crippen LogP contribution < -0.4 is 15.5 Å². The Kier molecular flexibility index (Phi) is 8.56. The van der Waals surface area contributed by atoms with E-state index in [4.69, 9.17) is 4.74 Å². The number of carbonyl (C=O) groups excluding carboxylic acids is 3. The molecule has 2 aliphatic heterocycles. The van der Waals surface area contributed by atoms with E-state index < -0.39 is 0 Å². The first-order valence-electron chi connectivity index (χ1n) is 13.3.